The molecule has 2 rings (SSSR count). The summed E-state index contributed by atoms with van der Waals surface area (Å²) in [6.45, 7) is 10.3. The molecule has 0 radical (unpaired) electrons. The van der Waals surface area contributed by atoms with Gasteiger partial charge in [-0.2, -0.15) is 0 Å². The number of aryl methyl sites for hydroxylation is 1. The molecule has 0 aromatic carbocycles. The van der Waals surface area contributed by atoms with E-state index in [-0.39, 0.29) is 0 Å². The van der Waals surface area contributed by atoms with Crippen LogP contribution in [0.3, 0.4) is 0 Å². The number of aromatic nitrogens is 1. The van der Waals surface area contributed by atoms with Gasteiger partial charge in [0.25, 0.3) is 0 Å². The quantitative estimate of drug-likeness (QED) is 0.886. The summed E-state index contributed by atoms with van der Waals surface area (Å²) in [5, 5.41) is 3.61. The zero-order chi connectivity index (χ0) is 13.0. The van der Waals surface area contributed by atoms with E-state index in [0.717, 1.165) is 11.6 Å². The first-order valence-electron chi connectivity index (χ1n) is 7.09. The maximum atomic E-state index is 4.24. The maximum Gasteiger partial charge on any atom is 0.0531 e. The van der Waals surface area contributed by atoms with Gasteiger partial charge in [-0.25, -0.2) is 0 Å². The number of piperidine rings is 1. The van der Waals surface area contributed by atoms with Gasteiger partial charge in [-0.3, -0.25) is 4.98 Å². The molecule has 0 bridgehead atoms. The molecule has 1 saturated heterocycles. The molecule has 100 valence electrons. The molecule has 2 atom stereocenters. The fourth-order valence-electron chi connectivity index (χ4n) is 2.80. The fourth-order valence-corrected chi connectivity index (χ4v) is 2.80. The molecule has 18 heavy (non-hydrogen) atoms. The molecule has 1 fully saturated rings. The Hall–Kier alpha value is -1.09. The second kappa shape index (κ2) is 6.19. The normalized spacial score (nSPS) is 22.7. The van der Waals surface area contributed by atoms with Gasteiger partial charge in [0.15, 0.2) is 0 Å². The highest BCUT2D eigenvalue weighted by Gasteiger charge is 2.23. The van der Waals surface area contributed by atoms with Crippen molar-refractivity contribution in [3.8, 4) is 0 Å². The van der Waals surface area contributed by atoms with E-state index in [9.17, 15) is 0 Å². The Morgan fingerprint density at radius 1 is 1.50 bits per heavy atom. The molecule has 0 spiro atoms. The summed E-state index contributed by atoms with van der Waals surface area (Å²) in [5.41, 5.74) is 2.36. The molecular weight excluding hydrogens is 222 g/mol. The third-order valence-electron chi connectivity index (χ3n) is 3.97. The van der Waals surface area contributed by atoms with E-state index in [1.807, 2.05) is 12.4 Å². The Balaban J connectivity index is 1.93. The van der Waals surface area contributed by atoms with E-state index < -0.39 is 0 Å². The molecule has 1 aliphatic heterocycles. The standard InChI is InChI=1S/C15H25N3/c1-4-18-7-5-6-14(11-18)13(3)17-15-8-12(2)9-16-10-15/h8-10,13-14,17H,4-7,11H2,1-3H3. The van der Waals surface area contributed by atoms with Gasteiger partial charge in [0.05, 0.1) is 5.69 Å². The van der Waals surface area contributed by atoms with Gasteiger partial charge in [0, 0.05) is 25.0 Å². The van der Waals surface area contributed by atoms with Crippen molar-refractivity contribution in [2.75, 3.05) is 25.0 Å². The van der Waals surface area contributed by atoms with Crippen LogP contribution in [0.5, 0.6) is 0 Å². The third kappa shape index (κ3) is 3.45. The predicted octanol–water partition coefficient (Wildman–Crippen LogP) is 2.92. The van der Waals surface area contributed by atoms with Crippen LogP contribution in [-0.4, -0.2) is 35.6 Å². The lowest BCUT2D eigenvalue weighted by Crippen LogP contribution is -2.41. The van der Waals surface area contributed by atoms with Gasteiger partial charge < -0.3 is 10.2 Å². The molecule has 1 N–H and O–H groups in total. The van der Waals surface area contributed by atoms with Crippen molar-refractivity contribution in [1.82, 2.24) is 9.88 Å². The average Bonchev–Trinajstić information content (AvgIpc) is 2.39. The van der Waals surface area contributed by atoms with Crippen molar-refractivity contribution in [3.63, 3.8) is 0 Å². The van der Waals surface area contributed by atoms with Crippen molar-refractivity contribution in [2.45, 2.75) is 39.7 Å². The van der Waals surface area contributed by atoms with Gasteiger partial charge in [0.2, 0.25) is 0 Å². The van der Waals surface area contributed by atoms with E-state index in [1.165, 1.54) is 38.0 Å². The number of hydrogen-bond acceptors (Lipinski definition) is 3. The maximum absolute atomic E-state index is 4.24. The topological polar surface area (TPSA) is 28.2 Å². The van der Waals surface area contributed by atoms with Crippen LogP contribution >= 0.6 is 0 Å². The number of anilines is 1. The molecule has 0 saturated carbocycles. The zero-order valence-electron chi connectivity index (χ0n) is 11.8. The second-order valence-corrected chi connectivity index (χ2v) is 5.48. The molecule has 0 aliphatic carbocycles. The summed E-state index contributed by atoms with van der Waals surface area (Å²) in [5.74, 6) is 0.749. The lowest BCUT2D eigenvalue weighted by atomic mass is 9.91. The van der Waals surface area contributed by atoms with Gasteiger partial charge in [-0.05, 0) is 57.3 Å². The number of nitrogens with zero attached hydrogens (tertiary/aromatic N) is 2. The second-order valence-electron chi connectivity index (χ2n) is 5.48. The van der Waals surface area contributed by atoms with E-state index in [4.69, 9.17) is 0 Å². The Morgan fingerprint density at radius 3 is 3.06 bits per heavy atom. The molecule has 3 heteroatoms. The molecule has 2 heterocycles. The highest BCUT2D eigenvalue weighted by Crippen LogP contribution is 2.22. The number of hydrogen-bond donors (Lipinski definition) is 1. The molecule has 3 nitrogen and oxygen atoms in total. The highest BCUT2D eigenvalue weighted by molar-refractivity contribution is 5.43. The van der Waals surface area contributed by atoms with Crippen molar-refractivity contribution in [3.05, 3.63) is 24.0 Å². The molecule has 1 aromatic heterocycles. The highest BCUT2D eigenvalue weighted by atomic mass is 15.1. The monoisotopic (exact) mass is 247 g/mol. The average molecular weight is 247 g/mol. The van der Waals surface area contributed by atoms with E-state index in [1.54, 1.807) is 0 Å². The van der Waals surface area contributed by atoms with Crippen LogP contribution in [-0.2, 0) is 0 Å². The number of pyridine rings is 1. The summed E-state index contributed by atoms with van der Waals surface area (Å²) in [6.07, 6.45) is 6.49. The Kier molecular flexibility index (Phi) is 4.59. The molecule has 0 amide bonds. The van der Waals surface area contributed by atoms with Crippen LogP contribution in [0.4, 0.5) is 5.69 Å². The number of rotatable bonds is 4. The van der Waals surface area contributed by atoms with Gasteiger partial charge >= 0.3 is 0 Å². The molecular formula is C15H25N3. The van der Waals surface area contributed by atoms with Crippen LogP contribution in [0, 0.1) is 12.8 Å². The van der Waals surface area contributed by atoms with Crippen LogP contribution in [0.1, 0.15) is 32.3 Å². The summed E-state index contributed by atoms with van der Waals surface area (Å²) in [4.78, 5) is 6.80. The van der Waals surface area contributed by atoms with Crippen molar-refractivity contribution >= 4 is 5.69 Å². The first-order chi connectivity index (χ1) is 8.69. The first-order valence-corrected chi connectivity index (χ1v) is 7.09. The van der Waals surface area contributed by atoms with Crippen molar-refractivity contribution in [1.29, 1.82) is 0 Å². The van der Waals surface area contributed by atoms with Gasteiger partial charge in [0.1, 0.15) is 0 Å². The SMILES string of the molecule is CCN1CCCC(C(C)Nc2cncc(C)c2)C1. The van der Waals surface area contributed by atoms with Gasteiger partial charge in [-0.15, -0.1) is 0 Å². The number of likely N-dealkylation sites (tertiary alicyclic amines) is 1. The summed E-state index contributed by atoms with van der Waals surface area (Å²) in [7, 11) is 0. The summed E-state index contributed by atoms with van der Waals surface area (Å²) >= 11 is 0. The third-order valence-corrected chi connectivity index (χ3v) is 3.97. The molecule has 1 aromatic rings. The fraction of sp³-hybridized carbons (Fsp3) is 0.667. The predicted molar refractivity (Wildman–Crippen MR) is 76.9 cm³/mol. The van der Waals surface area contributed by atoms with E-state index in [0.29, 0.717) is 6.04 Å². The van der Waals surface area contributed by atoms with Gasteiger partial charge in [-0.1, -0.05) is 6.92 Å². The minimum absolute atomic E-state index is 0.517. The zero-order valence-corrected chi connectivity index (χ0v) is 11.8. The first kappa shape index (κ1) is 13.3. The Morgan fingerprint density at radius 2 is 2.33 bits per heavy atom. The minimum atomic E-state index is 0.517. The van der Waals surface area contributed by atoms with Crippen LogP contribution < -0.4 is 5.32 Å². The lowest BCUT2D eigenvalue weighted by Gasteiger charge is -2.35. The van der Waals surface area contributed by atoms with Crippen LogP contribution in [0.2, 0.25) is 0 Å². The Labute approximate surface area is 111 Å². The molecule has 1 aliphatic rings. The van der Waals surface area contributed by atoms with Crippen molar-refractivity contribution in [2.24, 2.45) is 5.92 Å². The molecule has 2 unspecified atom stereocenters. The van der Waals surface area contributed by atoms with E-state index >= 15 is 0 Å². The summed E-state index contributed by atoms with van der Waals surface area (Å²) in [6, 6.07) is 2.69. The lowest BCUT2D eigenvalue weighted by molar-refractivity contribution is 0.172. The minimum Gasteiger partial charge on any atom is -0.381 e. The van der Waals surface area contributed by atoms with Crippen LogP contribution in [0.15, 0.2) is 18.5 Å². The van der Waals surface area contributed by atoms with E-state index in [2.05, 4.69) is 42.0 Å². The Bertz CT molecular complexity index is 378. The summed E-state index contributed by atoms with van der Waals surface area (Å²) < 4.78 is 0. The van der Waals surface area contributed by atoms with Crippen LogP contribution in [0.25, 0.3) is 0 Å². The number of nitrogens with one attached hydrogen (secondary N) is 1. The smallest absolute Gasteiger partial charge is 0.0531 e. The van der Waals surface area contributed by atoms with Crippen molar-refractivity contribution < 1.29 is 0 Å². The largest absolute Gasteiger partial charge is 0.381 e.